The molecule has 0 unspecified atom stereocenters. The molecule has 0 aliphatic heterocycles. The van der Waals surface area contributed by atoms with E-state index in [-0.39, 0.29) is 6.54 Å². The van der Waals surface area contributed by atoms with Gasteiger partial charge in [0.05, 0.1) is 6.61 Å². The molecule has 0 spiro atoms. The Labute approximate surface area is 113 Å². The smallest absolute Gasteiger partial charge is 0.325 e. The molecule has 0 atom stereocenters. The highest BCUT2D eigenvalue weighted by Crippen LogP contribution is 2.10. The lowest BCUT2D eigenvalue weighted by Crippen LogP contribution is -2.34. The van der Waals surface area contributed by atoms with Crippen molar-refractivity contribution < 1.29 is 14.3 Å². The summed E-state index contributed by atoms with van der Waals surface area (Å²) in [6.45, 7) is 4.01. The summed E-state index contributed by atoms with van der Waals surface area (Å²) in [7, 11) is 0. The minimum atomic E-state index is -0.448. The number of hydrogen-bond donors (Lipinski definition) is 2. The first-order valence-corrected chi connectivity index (χ1v) is 6.45. The first kappa shape index (κ1) is 15.0. The van der Waals surface area contributed by atoms with Crippen LogP contribution in [0.25, 0.3) is 0 Å². The Morgan fingerprint density at radius 1 is 1.16 bits per heavy atom. The molecule has 19 heavy (non-hydrogen) atoms. The third kappa shape index (κ3) is 5.90. The van der Waals surface area contributed by atoms with Crippen molar-refractivity contribution in [2.24, 2.45) is 0 Å². The van der Waals surface area contributed by atoms with Crippen LogP contribution in [-0.4, -0.2) is 25.2 Å². The van der Waals surface area contributed by atoms with Gasteiger partial charge in [-0.2, -0.15) is 0 Å². The van der Waals surface area contributed by atoms with Gasteiger partial charge in [-0.25, -0.2) is 4.79 Å². The molecule has 0 bridgehead atoms. The number of anilines is 1. The number of carbonyl (C=O) groups excluding carboxylic acids is 2. The van der Waals surface area contributed by atoms with Crippen LogP contribution in [0.3, 0.4) is 0 Å². The third-order valence-electron chi connectivity index (χ3n) is 2.45. The van der Waals surface area contributed by atoms with E-state index in [1.165, 1.54) is 5.56 Å². The van der Waals surface area contributed by atoms with Gasteiger partial charge in [0.25, 0.3) is 0 Å². The molecule has 0 fully saturated rings. The number of benzene rings is 1. The Hall–Kier alpha value is -2.04. The number of hydrogen-bond acceptors (Lipinski definition) is 3. The van der Waals surface area contributed by atoms with Gasteiger partial charge >= 0.3 is 12.0 Å². The van der Waals surface area contributed by atoms with Crippen LogP contribution < -0.4 is 10.6 Å². The van der Waals surface area contributed by atoms with Crippen molar-refractivity contribution in [1.29, 1.82) is 0 Å². The summed E-state index contributed by atoms with van der Waals surface area (Å²) in [5, 5.41) is 5.08. The van der Waals surface area contributed by atoms with E-state index in [0.29, 0.717) is 12.3 Å². The molecule has 0 saturated carbocycles. The van der Waals surface area contributed by atoms with Crippen LogP contribution in [0.1, 0.15) is 25.8 Å². The maximum absolute atomic E-state index is 11.5. The molecule has 0 aromatic heterocycles. The van der Waals surface area contributed by atoms with Crippen LogP contribution in [0.4, 0.5) is 10.5 Å². The zero-order valence-electron chi connectivity index (χ0n) is 11.4. The number of ether oxygens (including phenoxy) is 1. The highest BCUT2D eigenvalue weighted by molar-refractivity contribution is 5.91. The molecule has 0 aliphatic carbocycles. The summed E-state index contributed by atoms with van der Waals surface area (Å²) in [6.07, 6.45) is 2.11. The first-order valence-electron chi connectivity index (χ1n) is 6.45. The molecule has 2 amide bonds. The van der Waals surface area contributed by atoms with Crippen molar-refractivity contribution in [1.82, 2.24) is 5.32 Å². The Morgan fingerprint density at radius 2 is 1.84 bits per heavy atom. The predicted octanol–water partition coefficient (Wildman–Crippen LogP) is 2.32. The summed E-state index contributed by atoms with van der Waals surface area (Å²) < 4.78 is 4.70. The van der Waals surface area contributed by atoms with E-state index in [1.807, 2.05) is 24.3 Å². The van der Waals surface area contributed by atoms with Gasteiger partial charge in [0, 0.05) is 5.69 Å². The fourth-order valence-corrected chi connectivity index (χ4v) is 1.58. The van der Waals surface area contributed by atoms with Crippen LogP contribution in [0.15, 0.2) is 24.3 Å². The van der Waals surface area contributed by atoms with Gasteiger partial charge in [0.1, 0.15) is 6.54 Å². The van der Waals surface area contributed by atoms with Gasteiger partial charge in [-0.05, 0) is 31.0 Å². The second-order valence-corrected chi connectivity index (χ2v) is 4.06. The lowest BCUT2D eigenvalue weighted by molar-refractivity contribution is -0.141. The maximum Gasteiger partial charge on any atom is 0.325 e. The lowest BCUT2D eigenvalue weighted by atomic mass is 10.1. The fraction of sp³-hybridized carbons (Fsp3) is 0.429. The molecule has 5 nitrogen and oxygen atoms in total. The normalized spacial score (nSPS) is 9.79. The number of esters is 1. The van der Waals surface area contributed by atoms with Crippen molar-refractivity contribution in [2.45, 2.75) is 26.7 Å². The highest BCUT2D eigenvalue weighted by atomic mass is 16.5. The fourth-order valence-electron chi connectivity index (χ4n) is 1.58. The van der Waals surface area contributed by atoms with E-state index in [1.54, 1.807) is 6.92 Å². The number of nitrogens with one attached hydrogen (secondary N) is 2. The maximum atomic E-state index is 11.5. The number of rotatable bonds is 6. The minimum absolute atomic E-state index is 0.131. The SMILES string of the molecule is CCCc1ccc(NC(=O)NCC(=O)OCC)cc1. The van der Waals surface area contributed by atoms with Crippen molar-refractivity contribution in [3.05, 3.63) is 29.8 Å². The molecular formula is C14H20N2O3. The highest BCUT2D eigenvalue weighted by Gasteiger charge is 2.05. The first-order chi connectivity index (χ1) is 9.15. The van der Waals surface area contributed by atoms with Crippen LogP contribution >= 0.6 is 0 Å². The van der Waals surface area contributed by atoms with E-state index >= 15 is 0 Å². The molecule has 104 valence electrons. The van der Waals surface area contributed by atoms with Crippen LogP contribution in [-0.2, 0) is 16.0 Å². The average molecular weight is 264 g/mol. The van der Waals surface area contributed by atoms with E-state index in [9.17, 15) is 9.59 Å². The molecule has 0 saturated heterocycles. The monoisotopic (exact) mass is 264 g/mol. The summed E-state index contributed by atoms with van der Waals surface area (Å²) in [5.74, 6) is -0.448. The summed E-state index contributed by atoms with van der Waals surface area (Å²) in [5.41, 5.74) is 1.93. The van der Waals surface area contributed by atoms with Crippen LogP contribution in [0.5, 0.6) is 0 Å². The van der Waals surface area contributed by atoms with Crippen molar-refractivity contribution in [3.63, 3.8) is 0 Å². The topological polar surface area (TPSA) is 67.4 Å². The van der Waals surface area contributed by atoms with Crippen molar-refractivity contribution in [3.8, 4) is 0 Å². The molecule has 0 heterocycles. The molecule has 0 radical (unpaired) electrons. The summed E-state index contributed by atoms with van der Waals surface area (Å²) >= 11 is 0. The van der Waals surface area contributed by atoms with E-state index < -0.39 is 12.0 Å². The van der Waals surface area contributed by atoms with E-state index in [2.05, 4.69) is 17.6 Å². The van der Waals surface area contributed by atoms with Gasteiger partial charge in [-0.3, -0.25) is 4.79 Å². The van der Waals surface area contributed by atoms with E-state index in [0.717, 1.165) is 12.8 Å². The molecule has 1 rings (SSSR count). The zero-order valence-corrected chi connectivity index (χ0v) is 11.4. The number of amides is 2. The second kappa shape index (κ2) is 8.13. The van der Waals surface area contributed by atoms with Gasteiger partial charge in [-0.15, -0.1) is 0 Å². The molecule has 1 aromatic rings. The Kier molecular flexibility index (Phi) is 6.43. The van der Waals surface area contributed by atoms with Crippen molar-refractivity contribution >= 4 is 17.7 Å². The van der Waals surface area contributed by atoms with Gasteiger partial charge in [0.15, 0.2) is 0 Å². The minimum Gasteiger partial charge on any atom is -0.465 e. The van der Waals surface area contributed by atoms with Gasteiger partial charge in [-0.1, -0.05) is 25.5 Å². The molecule has 5 heteroatoms. The Bertz CT molecular complexity index is 415. The molecule has 1 aromatic carbocycles. The summed E-state index contributed by atoms with van der Waals surface area (Å²) in [6, 6.07) is 7.22. The Balaban J connectivity index is 2.37. The van der Waals surface area contributed by atoms with Gasteiger partial charge in [0.2, 0.25) is 0 Å². The number of aryl methyl sites for hydroxylation is 1. The third-order valence-corrected chi connectivity index (χ3v) is 2.45. The van der Waals surface area contributed by atoms with Crippen LogP contribution in [0, 0.1) is 0 Å². The number of carbonyl (C=O) groups is 2. The van der Waals surface area contributed by atoms with E-state index in [4.69, 9.17) is 4.74 Å². The van der Waals surface area contributed by atoms with Crippen LogP contribution in [0.2, 0.25) is 0 Å². The molecule has 2 N–H and O–H groups in total. The molecular weight excluding hydrogens is 244 g/mol. The van der Waals surface area contributed by atoms with Crippen molar-refractivity contribution in [2.75, 3.05) is 18.5 Å². The average Bonchev–Trinajstić information content (AvgIpc) is 2.39. The summed E-state index contributed by atoms with van der Waals surface area (Å²) in [4.78, 5) is 22.6. The standard InChI is InChI=1S/C14H20N2O3/c1-3-5-11-6-8-12(9-7-11)16-14(18)15-10-13(17)19-4-2/h6-9H,3-5,10H2,1-2H3,(H2,15,16,18). The predicted molar refractivity (Wildman–Crippen MR) is 74.1 cm³/mol. The quantitative estimate of drug-likeness (QED) is 0.775. The molecule has 0 aliphatic rings. The lowest BCUT2D eigenvalue weighted by Gasteiger charge is -2.08. The largest absolute Gasteiger partial charge is 0.465 e. The Morgan fingerprint density at radius 3 is 2.42 bits per heavy atom. The zero-order chi connectivity index (χ0) is 14.1. The number of urea groups is 1. The van der Waals surface area contributed by atoms with Gasteiger partial charge < -0.3 is 15.4 Å². The second-order valence-electron chi connectivity index (χ2n) is 4.06.